The van der Waals surface area contributed by atoms with Gasteiger partial charge in [-0.1, -0.05) is 70.9 Å². The fraction of sp³-hybridized carbons (Fsp3) is 0.818. The van der Waals surface area contributed by atoms with Crippen LogP contribution in [-0.4, -0.2) is 0 Å². The van der Waals surface area contributed by atoms with E-state index < -0.39 is 0 Å². The average molecular weight is 451 g/mol. The molecule has 0 heterocycles. The molecule has 0 spiro atoms. The Morgan fingerprint density at radius 2 is 1.55 bits per heavy atom. The highest BCUT2D eigenvalue weighted by Gasteiger charge is 2.67. The molecule has 0 N–H and O–H groups in total. The van der Waals surface area contributed by atoms with E-state index in [1.807, 2.05) is 6.08 Å². The Labute approximate surface area is 206 Å². The lowest BCUT2D eigenvalue weighted by atomic mass is 9.36. The van der Waals surface area contributed by atoms with Gasteiger partial charge in [0, 0.05) is 0 Å². The van der Waals surface area contributed by atoms with Gasteiger partial charge in [-0.05, 0) is 129 Å². The predicted molar refractivity (Wildman–Crippen MR) is 145 cm³/mol. The third-order valence-electron chi connectivity index (χ3n) is 12.4. The van der Waals surface area contributed by atoms with Crippen molar-refractivity contribution in [2.24, 2.45) is 45.3 Å². The zero-order valence-electron chi connectivity index (χ0n) is 23.1. The van der Waals surface area contributed by atoms with Crippen molar-refractivity contribution in [2.75, 3.05) is 0 Å². The van der Waals surface area contributed by atoms with Crippen molar-refractivity contribution in [3.8, 4) is 0 Å². The molecule has 4 rings (SSSR count). The standard InChI is InChI=1S/C33H54/c1-9-10-13-24(2)14-11-15-25(3)26-18-22-32(7)27(26)16-17-29-31(6)21-12-20-30(4,5)28(31)19-23-33(29,32)8/h9,14,26-29H,1,3,10-13,15-23H2,2,4-8H3/b24-14+/t26-,27-,28-,29+,31-,32+,33+/m0/s1. The maximum absolute atomic E-state index is 4.70. The molecule has 0 aromatic heterocycles. The van der Waals surface area contributed by atoms with Gasteiger partial charge < -0.3 is 0 Å². The summed E-state index contributed by atoms with van der Waals surface area (Å²) in [6, 6.07) is 0. The van der Waals surface area contributed by atoms with Gasteiger partial charge in [0.15, 0.2) is 0 Å². The monoisotopic (exact) mass is 450 g/mol. The quantitative estimate of drug-likeness (QED) is 0.338. The van der Waals surface area contributed by atoms with Gasteiger partial charge in [-0.3, -0.25) is 0 Å². The molecule has 0 aliphatic heterocycles. The molecule has 0 amide bonds. The molecule has 0 nitrogen and oxygen atoms in total. The topological polar surface area (TPSA) is 0 Å². The third kappa shape index (κ3) is 4.04. The zero-order valence-corrected chi connectivity index (χ0v) is 23.1. The second-order valence-corrected chi connectivity index (χ2v) is 14.2. The molecule has 0 heteroatoms. The van der Waals surface area contributed by atoms with Crippen molar-refractivity contribution in [2.45, 2.75) is 125 Å². The summed E-state index contributed by atoms with van der Waals surface area (Å²) < 4.78 is 0. The van der Waals surface area contributed by atoms with Crippen LogP contribution >= 0.6 is 0 Å². The summed E-state index contributed by atoms with van der Waals surface area (Å²) in [6.45, 7) is 24.2. The fourth-order valence-electron chi connectivity index (χ4n) is 10.5. The lowest BCUT2D eigenvalue weighted by Crippen LogP contribution is -2.62. The first-order chi connectivity index (χ1) is 15.5. The van der Waals surface area contributed by atoms with Crippen molar-refractivity contribution < 1.29 is 0 Å². The van der Waals surface area contributed by atoms with Gasteiger partial charge in [-0.15, -0.1) is 6.58 Å². The fourth-order valence-corrected chi connectivity index (χ4v) is 10.5. The van der Waals surface area contributed by atoms with Crippen molar-refractivity contribution in [1.29, 1.82) is 0 Å². The van der Waals surface area contributed by atoms with Crippen LogP contribution in [0, 0.1) is 45.3 Å². The van der Waals surface area contributed by atoms with Crippen molar-refractivity contribution >= 4 is 0 Å². The van der Waals surface area contributed by atoms with Crippen LogP contribution < -0.4 is 0 Å². The Hall–Kier alpha value is -0.780. The first-order valence-electron chi connectivity index (χ1n) is 14.4. The summed E-state index contributed by atoms with van der Waals surface area (Å²) in [5, 5.41) is 0. The van der Waals surface area contributed by atoms with Crippen LogP contribution in [-0.2, 0) is 0 Å². The molecule has 0 aromatic carbocycles. The van der Waals surface area contributed by atoms with Gasteiger partial charge >= 0.3 is 0 Å². The van der Waals surface area contributed by atoms with Gasteiger partial charge in [0.25, 0.3) is 0 Å². The molecule has 0 saturated heterocycles. The molecule has 33 heavy (non-hydrogen) atoms. The van der Waals surface area contributed by atoms with E-state index in [9.17, 15) is 0 Å². The molecule has 4 fully saturated rings. The average Bonchev–Trinajstić information content (AvgIpc) is 3.10. The van der Waals surface area contributed by atoms with E-state index >= 15 is 0 Å². The second kappa shape index (κ2) is 9.02. The van der Waals surface area contributed by atoms with Crippen LogP contribution in [0.3, 0.4) is 0 Å². The molecule has 4 saturated carbocycles. The number of rotatable bonds is 7. The maximum Gasteiger partial charge on any atom is -0.0172 e. The van der Waals surface area contributed by atoms with Crippen LogP contribution in [0.1, 0.15) is 125 Å². The van der Waals surface area contributed by atoms with Crippen LogP contribution in [0.4, 0.5) is 0 Å². The summed E-state index contributed by atoms with van der Waals surface area (Å²) >= 11 is 0. The van der Waals surface area contributed by atoms with E-state index in [1.54, 1.807) is 5.57 Å². The zero-order chi connectivity index (χ0) is 24.1. The third-order valence-corrected chi connectivity index (χ3v) is 12.4. The Kier molecular flexibility index (Phi) is 6.92. The van der Waals surface area contributed by atoms with Gasteiger partial charge in [0.1, 0.15) is 0 Å². The number of allylic oxidation sites excluding steroid dienone is 4. The number of hydrogen-bond acceptors (Lipinski definition) is 0. The summed E-state index contributed by atoms with van der Waals surface area (Å²) in [6.07, 6.45) is 22.2. The SMILES string of the molecule is C=CCC/C(C)=C/CCC(=C)[C@@H]1CC[C@]2(C)[C@H]1CC[C@@H]1[C@@]3(C)CCCC(C)(C)[C@@H]3CC[C@]12C. The van der Waals surface area contributed by atoms with E-state index in [1.165, 1.54) is 76.2 Å². The molecule has 0 bridgehead atoms. The second-order valence-electron chi connectivity index (χ2n) is 14.2. The van der Waals surface area contributed by atoms with E-state index in [-0.39, 0.29) is 0 Å². The van der Waals surface area contributed by atoms with E-state index in [2.05, 4.69) is 54.2 Å². The minimum atomic E-state index is 0.509. The van der Waals surface area contributed by atoms with Crippen molar-refractivity contribution in [1.82, 2.24) is 0 Å². The van der Waals surface area contributed by atoms with Crippen LogP contribution in [0.2, 0.25) is 0 Å². The number of hydrogen-bond donors (Lipinski definition) is 0. The molecule has 0 unspecified atom stereocenters. The van der Waals surface area contributed by atoms with E-state index in [0.717, 1.165) is 36.5 Å². The van der Waals surface area contributed by atoms with Crippen LogP contribution in [0.15, 0.2) is 36.5 Å². The highest BCUT2D eigenvalue weighted by molar-refractivity contribution is 5.20. The van der Waals surface area contributed by atoms with Crippen molar-refractivity contribution in [3.05, 3.63) is 36.5 Å². The summed E-state index contributed by atoms with van der Waals surface area (Å²) in [5.74, 6) is 3.49. The van der Waals surface area contributed by atoms with Gasteiger partial charge in [-0.2, -0.15) is 0 Å². The molecular weight excluding hydrogens is 396 g/mol. The Balaban J connectivity index is 1.49. The molecule has 7 atom stereocenters. The Morgan fingerprint density at radius 1 is 0.818 bits per heavy atom. The lowest BCUT2D eigenvalue weighted by Gasteiger charge is -2.69. The minimum Gasteiger partial charge on any atom is -0.103 e. The molecule has 0 radical (unpaired) electrons. The van der Waals surface area contributed by atoms with E-state index in [0.29, 0.717) is 21.7 Å². The smallest absolute Gasteiger partial charge is 0.0172 e. The molecule has 4 aliphatic rings. The summed E-state index contributed by atoms with van der Waals surface area (Å²) in [5.41, 5.74) is 5.21. The molecule has 186 valence electrons. The Morgan fingerprint density at radius 3 is 2.27 bits per heavy atom. The minimum absolute atomic E-state index is 0.509. The predicted octanol–water partition coefficient (Wildman–Crippen LogP) is 10.3. The highest BCUT2D eigenvalue weighted by Crippen LogP contribution is 2.75. The molecule has 0 aromatic rings. The van der Waals surface area contributed by atoms with Crippen LogP contribution in [0.25, 0.3) is 0 Å². The normalized spacial score (nSPS) is 44.5. The Bertz CT molecular complexity index is 782. The first-order valence-corrected chi connectivity index (χ1v) is 14.4. The van der Waals surface area contributed by atoms with Crippen molar-refractivity contribution in [3.63, 3.8) is 0 Å². The maximum atomic E-state index is 4.70. The van der Waals surface area contributed by atoms with Gasteiger partial charge in [-0.25, -0.2) is 0 Å². The molecule has 4 aliphatic carbocycles. The van der Waals surface area contributed by atoms with E-state index in [4.69, 9.17) is 6.58 Å². The van der Waals surface area contributed by atoms with Gasteiger partial charge in [0.05, 0.1) is 0 Å². The van der Waals surface area contributed by atoms with Gasteiger partial charge in [0.2, 0.25) is 0 Å². The highest BCUT2D eigenvalue weighted by atomic mass is 14.7. The number of fused-ring (bicyclic) bond motifs is 5. The molecular formula is C33H54. The summed E-state index contributed by atoms with van der Waals surface area (Å²) in [4.78, 5) is 0. The largest absolute Gasteiger partial charge is 0.103 e. The lowest BCUT2D eigenvalue weighted by molar-refractivity contribution is -0.201. The first kappa shape index (κ1) is 25.3. The summed E-state index contributed by atoms with van der Waals surface area (Å²) in [7, 11) is 0. The van der Waals surface area contributed by atoms with Crippen LogP contribution in [0.5, 0.6) is 0 Å².